The molecule has 3 aromatic carbocycles. The van der Waals surface area contributed by atoms with Gasteiger partial charge in [-0.25, -0.2) is 4.79 Å². The number of nitrogens with zero attached hydrogens (tertiary/aromatic N) is 1. The van der Waals surface area contributed by atoms with E-state index in [0.717, 1.165) is 0 Å². The minimum atomic E-state index is -4.81. The number of hydrogen-bond acceptors (Lipinski definition) is 4. The smallest absolute Gasteiger partial charge is 0.487 e. The molecule has 36 heavy (non-hydrogen) atoms. The number of aromatic nitrogens is 1. The molecule has 0 atom stereocenters. The third-order valence-corrected chi connectivity index (χ3v) is 5.51. The monoisotopic (exact) mass is 498 g/mol. The van der Waals surface area contributed by atoms with Gasteiger partial charge >= 0.3 is 12.3 Å². The van der Waals surface area contributed by atoms with Gasteiger partial charge in [0.25, 0.3) is 0 Å². The van der Waals surface area contributed by atoms with Crippen LogP contribution in [0.2, 0.25) is 0 Å². The van der Waals surface area contributed by atoms with Crippen LogP contribution in [0, 0.1) is 0 Å². The number of halogens is 3. The molecule has 0 spiro atoms. The highest BCUT2D eigenvalue weighted by Gasteiger charge is 2.32. The van der Waals surface area contributed by atoms with Crippen molar-refractivity contribution >= 4 is 16.9 Å². The van der Waals surface area contributed by atoms with Gasteiger partial charge in [0, 0.05) is 22.5 Å². The average Bonchev–Trinajstić information content (AvgIpc) is 3.55. The number of ether oxygens (including phenoxy) is 2. The molecular weight excluding hydrogens is 473 g/mol. The number of fused-ring (bicyclic) bond motifs is 1. The topological polar surface area (TPSA) is 86.7 Å². The van der Waals surface area contributed by atoms with Crippen LogP contribution in [-0.4, -0.2) is 28.0 Å². The number of carboxylic acids is 1. The lowest BCUT2D eigenvalue weighted by Gasteiger charge is -2.16. The fourth-order valence-electron chi connectivity index (χ4n) is 3.57. The SMILES string of the molecule is NC1CC1.O=C(O)c1ccc2c(c1)cc(COc1ccccc1)n2Cc1ccccc1OC(F)(F)F. The summed E-state index contributed by atoms with van der Waals surface area (Å²) < 4.78 is 50.4. The number of para-hydroxylation sites is 2. The number of carbonyl (C=O) groups is 1. The minimum Gasteiger partial charge on any atom is -0.487 e. The Morgan fingerprint density at radius 3 is 2.31 bits per heavy atom. The second-order valence-electron chi connectivity index (χ2n) is 8.40. The van der Waals surface area contributed by atoms with Crippen molar-refractivity contribution in [2.24, 2.45) is 5.73 Å². The van der Waals surface area contributed by atoms with E-state index in [2.05, 4.69) is 4.74 Å². The van der Waals surface area contributed by atoms with Crippen LogP contribution in [0.1, 0.15) is 34.5 Å². The molecule has 9 heteroatoms. The summed E-state index contributed by atoms with van der Waals surface area (Å²) in [5.74, 6) is -0.721. The van der Waals surface area contributed by atoms with Crippen LogP contribution in [0.4, 0.5) is 13.2 Å². The number of benzene rings is 3. The van der Waals surface area contributed by atoms with E-state index in [1.165, 1.54) is 37.1 Å². The van der Waals surface area contributed by atoms with Gasteiger partial charge in [-0.2, -0.15) is 0 Å². The minimum absolute atomic E-state index is 0.0790. The Morgan fingerprint density at radius 1 is 1.00 bits per heavy atom. The first-order chi connectivity index (χ1) is 17.2. The summed E-state index contributed by atoms with van der Waals surface area (Å²) in [5, 5.41) is 9.94. The molecule has 1 aliphatic carbocycles. The van der Waals surface area contributed by atoms with Crippen LogP contribution in [0.3, 0.4) is 0 Å². The molecule has 6 nitrogen and oxygen atoms in total. The molecule has 3 N–H and O–H groups in total. The Bertz CT molecular complexity index is 1330. The van der Waals surface area contributed by atoms with Gasteiger partial charge in [0.05, 0.1) is 17.8 Å². The highest BCUT2D eigenvalue weighted by molar-refractivity contribution is 5.94. The fraction of sp³-hybridized carbons (Fsp3) is 0.222. The Kier molecular flexibility index (Phi) is 7.49. The van der Waals surface area contributed by atoms with Crippen molar-refractivity contribution in [3.63, 3.8) is 0 Å². The largest absolute Gasteiger partial charge is 0.573 e. The first-order valence-corrected chi connectivity index (χ1v) is 11.3. The summed E-state index contributed by atoms with van der Waals surface area (Å²) in [6.45, 7) is 0.221. The fourth-order valence-corrected chi connectivity index (χ4v) is 3.57. The maximum Gasteiger partial charge on any atom is 0.573 e. The molecule has 0 bridgehead atoms. The molecule has 5 rings (SSSR count). The van der Waals surface area contributed by atoms with Gasteiger partial charge in [0.15, 0.2) is 0 Å². The summed E-state index contributed by atoms with van der Waals surface area (Å²) in [6, 6.07) is 22.0. The number of aromatic carboxylic acids is 1. The van der Waals surface area contributed by atoms with Gasteiger partial charge in [-0.05, 0) is 55.3 Å². The van der Waals surface area contributed by atoms with E-state index in [-0.39, 0.29) is 24.5 Å². The van der Waals surface area contributed by atoms with Crippen molar-refractivity contribution in [3.8, 4) is 11.5 Å². The molecule has 0 aliphatic heterocycles. The molecule has 1 fully saturated rings. The standard InChI is InChI=1S/C24H18F3NO4.C3H7N/c25-24(26,27)32-22-9-5-4-6-17(22)14-28-19(15-31-20-7-2-1-3-8-20)13-18-12-16(23(29)30)10-11-21(18)28;4-3-1-2-3/h1-13H,14-15H2,(H,29,30);3H,1-2,4H2. The third-order valence-electron chi connectivity index (χ3n) is 5.51. The third kappa shape index (κ3) is 6.79. The molecule has 1 aliphatic rings. The maximum absolute atomic E-state index is 12.9. The van der Waals surface area contributed by atoms with Crippen molar-refractivity contribution in [1.29, 1.82) is 0 Å². The Labute approximate surface area is 205 Å². The summed E-state index contributed by atoms with van der Waals surface area (Å²) in [7, 11) is 0. The molecule has 0 unspecified atom stereocenters. The second-order valence-corrected chi connectivity index (χ2v) is 8.40. The summed E-state index contributed by atoms with van der Waals surface area (Å²) in [6.07, 6.45) is -2.29. The summed E-state index contributed by atoms with van der Waals surface area (Å²) >= 11 is 0. The van der Waals surface area contributed by atoms with E-state index in [9.17, 15) is 23.1 Å². The van der Waals surface area contributed by atoms with Gasteiger partial charge in [-0.15, -0.1) is 13.2 Å². The summed E-state index contributed by atoms with van der Waals surface area (Å²) in [4.78, 5) is 11.4. The Balaban J connectivity index is 0.000000692. The van der Waals surface area contributed by atoms with Gasteiger partial charge in [0.2, 0.25) is 0 Å². The van der Waals surface area contributed by atoms with E-state index in [1.807, 2.05) is 18.2 Å². The van der Waals surface area contributed by atoms with E-state index >= 15 is 0 Å². The number of carboxylic acid groups (broad SMARTS) is 1. The first-order valence-electron chi connectivity index (χ1n) is 11.3. The maximum atomic E-state index is 12.9. The molecule has 1 heterocycles. The van der Waals surface area contributed by atoms with E-state index in [1.54, 1.807) is 41.0 Å². The predicted molar refractivity (Wildman–Crippen MR) is 129 cm³/mol. The summed E-state index contributed by atoms with van der Waals surface area (Å²) in [5.41, 5.74) is 7.01. The van der Waals surface area contributed by atoms with Crippen LogP contribution >= 0.6 is 0 Å². The Morgan fingerprint density at radius 2 is 1.67 bits per heavy atom. The number of alkyl halides is 3. The van der Waals surface area contributed by atoms with E-state index < -0.39 is 12.3 Å². The lowest BCUT2D eigenvalue weighted by Crippen LogP contribution is -2.18. The van der Waals surface area contributed by atoms with Crippen LogP contribution in [0.5, 0.6) is 11.5 Å². The molecule has 1 aromatic heterocycles. The zero-order chi connectivity index (χ0) is 25.7. The molecule has 0 radical (unpaired) electrons. The highest BCUT2D eigenvalue weighted by Crippen LogP contribution is 2.30. The first kappa shape index (κ1) is 25.1. The Hall–Kier alpha value is -3.98. The van der Waals surface area contributed by atoms with Gasteiger partial charge in [-0.3, -0.25) is 0 Å². The molecule has 1 saturated carbocycles. The lowest BCUT2D eigenvalue weighted by molar-refractivity contribution is -0.274. The van der Waals surface area contributed by atoms with E-state index in [0.29, 0.717) is 34.0 Å². The number of nitrogens with two attached hydrogens (primary N) is 1. The van der Waals surface area contributed by atoms with Crippen molar-refractivity contribution < 1.29 is 32.5 Å². The van der Waals surface area contributed by atoms with Gasteiger partial charge < -0.3 is 24.9 Å². The van der Waals surface area contributed by atoms with Crippen molar-refractivity contribution in [2.45, 2.75) is 38.4 Å². The quantitative estimate of drug-likeness (QED) is 0.328. The highest BCUT2D eigenvalue weighted by atomic mass is 19.4. The molecule has 4 aromatic rings. The average molecular weight is 499 g/mol. The van der Waals surface area contributed by atoms with Crippen molar-refractivity contribution in [1.82, 2.24) is 4.57 Å². The van der Waals surface area contributed by atoms with Gasteiger partial charge in [0.1, 0.15) is 18.1 Å². The molecule has 188 valence electrons. The normalized spacial score (nSPS) is 13.1. The lowest BCUT2D eigenvalue weighted by atomic mass is 10.1. The van der Waals surface area contributed by atoms with Crippen LogP contribution in [0.15, 0.2) is 78.9 Å². The number of rotatable bonds is 7. The molecule has 0 amide bonds. The number of hydrogen-bond donors (Lipinski definition) is 2. The van der Waals surface area contributed by atoms with Crippen LogP contribution < -0.4 is 15.2 Å². The van der Waals surface area contributed by atoms with Crippen LogP contribution in [0.25, 0.3) is 10.9 Å². The van der Waals surface area contributed by atoms with E-state index in [4.69, 9.17) is 10.5 Å². The predicted octanol–water partition coefficient (Wildman–Crippen LogP) is 5.97. The molecular formula is C27H25F3N2O4. The molecule has 0 saturated heterocycles. The zero-order valence-electron chi connectivity index (χ0n) is 19.2. The van der Waals surface area contributed by atoms with Crippen molar-refractivity contribution in [3.05, 3.63) is 95.7 Å². The zero-order valence-corrected chi connectivity index (χ0v) is 19.2. The van der Waals surface area contributed by atoms with Crippen LogP contribution in [-0.2, 0) is 13.2 Å². The second kappa shape index (κ2) is 10.7. The van der Waals surface area contributed by atoms with Gasteiger partial charge in [-0.1, -0.05) is 36.4 Å². The van der Waals surface area contributed by atoms with Crippen molar-refractivity contribution in [2.75, 3.05) is 0 Å².